The van der Waals surface area contributed by atoms with Gasteiger partial charge in [0.2, 0.25) is 0 Å². The van der Waals surface area contributed by atoms with Crippen LogP contribution in [-0.2, 0) is 28.6 Å². The summed E-state index contributed by atoms with van der Waals surface area (Å²) in [6.45, 7) is 6.56. The molecule has 0 aromatic heterocycles. The number of unbranched alkanes of at least 4 members (excludes halogenated alkanes) is 43. The van der Waals surface area contributed by atoms with Gasteiger partial charge < -0.3 is 14.2 Å². The summed E-state index contributed by atoms with van der Waals surface area (Å²) in [5, 5.41) is 0. The highest BCUT2D eigenvalue weighted by molar-refractivity contribution is 5.71. The summed E-state index contributed by atoms with van der Waals surface area (Å²) < 4.78 is 16.9. The number of allylic oxidation sites excluding steroid dienone is 10. The van der Waals surface area contributed by atoms with E-state index in [1.54, 1.807) is 0 Å². The summed E-state index contributed by atoms with van der Waals surface area (Å²) in [7, 11) is 0. The number of hydrogen-bond acceptors (Lipinski definition) is 6. The third-order valence-corrected chi connectivity index (χ3v) is 15.5. The standard InChI is InChI=1S/C73H132O6/c1-4-7-10-13-16-19-22-24-26-28-30-31-32-33-34-35-36-37-38-39-40-41-43-44-46-48-51-54-57-60-63-66-72(75)78-69-70(68-77-71(74)65-62-59-56-53-50-21-18-15-12-9-6-3)79-73(76)67-64-61-58-55-52-49-47-45-42-29-27-25-23-20-17-14-11-8-5-2/h8,11,17,20,25,27-28,30,42,45,70H,4-7,9-10,12-16,18-19,21-24,26,29,31-41,43-44,46-69H2,1-3H3/b11-8-,20-17-,27-25-,30-28-,45-42-. The lowest BCUT2D eigenvalue weighted by Crippen LogP contribution is -2.30. The molecule has 0 rings (SSSR count). The molecule has 1 unspecified atom stereocenters. The smallest absolute Gasteiger partial charge is 0.306 e. The maximum absolute atomic E-state index is 12.9. The van der Waals surface area contributed by atoms with E-state index in [1.165, 1.54) is 231 Å². The minimum Gasteiger partial charge on any atom is -0.462 e. The number of rotatable bonds is 64. The predicted molar refractivity (Wildman–Crippen MR) is 344 cm³/mol. The summed E-state index contributed by atoms with van der Waals surface area (Å²) in [5.41, 5.74) is 0. The molecule has 0 aliphatic carbocycles. The van der Waals surface area contributed by atoms with E-state index in [2.05, 4.69) is 81.5 Å². The molecule has 0 amide bonds. The summed E-state index contributed by atoms with van der Waals surface area (Å²) >= 11 is 0. The van der Waals surface area contributed by atoms with Gasteiger partial charge in [-0.3, -0.25) is 14.4 Å². The Morgan fingerprint density at radius 2 is 0.494 bits per heavy atom. The molecular weight excluding hydrogens is 973 g/mol. The van der Waals surface area contributed by atoms with Crippen LogP contribution in [0.1, 0.15) is 367 Å². The van der Waals surface area contributed by atoms with E-state index < -0.39 is 6.10 Å². The van der Waals surface area contributed by atoms with E-state index >= 15 is 0 Å². The molecular formula is C73H132O6. The average molecular weight is 1110 g/mol. The molecule has 0 N–H and O–H groups in total. The van der Waals surface area contributed by atoms with Crippen LogP contribution >= 0.6 is 0 Å². The first kappa shape index (κ1) is 76.1. The van der Waals surface area contributed by atoms with Crippen LogP contribution in [0.15, 0.2) is 60.8 Å². The molecule has 0 aromatic rings. The second-order valence-corrected chi connectivity index (χ2v) is 23.4. The average Bonchev–Trinajstić information content (AvgIpc) is 3.45. The first-order valence-electron chi connectivity index (χ1n) is 34.8. The van der Waals surface area contributed by atoms with Gasteiger partial charge in [0, 0.05) is 19.3 Å². The molecule has 0 spiro atoms. The van der Waals surface area contributed by atoms with Crippen LogP contribution in [0, 0.1) is 0 Å². The number of hydrogen-bond donors (Lipinski definition) is 0. The highest BCUT2D eigenvalue weighted by Crippen LogP contribution is 2.18. The van der Waals surface area contributed by atoms with Crippen LogP contribution in [-0.4, -0.2) is 37.2 Å². The van der Waals surface area contributed by atoms with Gasteiger partial charge in [-0.2, -0.15) is 0 Å². The number of carbonyl (C=O) groups is 3. The molecule has 1 atom stereocenters. The Kier molecular flexibility index (Phi) is 65.1. The van der Waals surface area contributed by atoms with Crippen molar-refractivity contribution in [3.8, 4) is 0 Å². The van der Waals surface area contributed by atoms with E-state index in [-0.39, 0.29) is 31.1 Å². The number of ether oxygens (including phenoxy) is 3. The Balaban J connectivity index is 4.14. The van der Waals surface area contributed by atoms with Gasteiger partial charge >= 0.3 is 17.9 Å². The fourth-order valence-electron chi connectivity index (χ4n) is 10.3. The van der Waals surface area contributed by atoms with E-state index in [9.17, 15) is 14.4 Å². The highest BCUT2D eigenvalue weighted by atomic mass is 16.6. The van der Waals surface area contributed by atoms with Crippen LogP contribution in [0.4, 0.5) is 0 Å². The SMILES string of the molecule is CC/C=C\C/C=C\C/C=C\C/C=C\CCCCCCCCC(=O)OC(COC(=O)CCCCCCCCCCCCC)COC(=O)CCCCCCCCCCCCCCCCCCCCC/C=C\CCCCCCCCCC. The van der Waals surface area contributed by atoms with Crippen LogP contribution in [0.2, 0.25) is 0 Å². The van der Waals surface area contributed by atoms with Crippen molar-refractivity contribution in [2.75, 3.05) is 13.2 Å². The summed E-state index contributed by atoms with van der Waals surface area (Å²) in [6.07, 6.45) is 86.9. The van der Waals surface area contributed by atoms with Gasteiger partial charge in [0.05, 0.1) is 0 Å². The Hall–Kier alpha value is -2.89. The zero-order chi connectivity index (χ0) is 57.1. The molecule has 0 saturated carbocycles. The zero-order valence-corrected chi connectivity index (χ0v) is 52.9. The van der Waals surface area contributed by atoms with Crippen molar-refractivity contribution in [2.45, 2.75) is 374 Å². The number of esters is 3. The molecule has 0 aliphatic heterocycles. The molecule has 0 radical (unpaired) electrons. The molecule has 0 bridgehead atoms. The van der Waals surface area contributed by atoms with Crippen molar-refractivity contribution in [3.63, 3.8) is 0 Å². The minimum absolute atomic E-state index is 0.0758. The van der Waals surface area contributed by atoms with E-state index in [4.69, 9.17) is 14.2 Å². The second kappa shape index (κ2) is 67.6. The van der Waals surface area contributed by atoms with E-state index in [0.717, 1.165) is 96.3 Å². The minimum atomic E-state index is -0.780. The third kappa shape index (κ3) is 65.8. The van der Waals surface area contributed by atoms with Gasteiger partial charge in [0.1, 0.15) is 13.2 Å². The van der Waals surface area contributed by atoms with Gasteiger partial charge in [-0.1, -0.05) is 326 Å². The third-order valence-electron chi connectivity index (χ3n) is 15.5. The molecule has 6 nitrogen and oxygen atoms in total. The highest BCUT2D eigenvalue weighted by Gasteiger charge is 2.19. The van der Waals surface area contributed by atoms with Crippen molar-refractivity contribution in [1.82, 2.24) is 0 Å². The zero-order valence-electron chi connectivity index (χ0n) is 52.9. The molecule has 0 aromatic carbocycles. The molecule has 6 heteroatoms. The van der Waals surface area contributed by atoms with Crippen molar-refractivity contribution >= 4 is 17.9 Å². The molecule has 0 fully saturated rings. The Morgan fingerprint density at radius 3 is 0.785 bits per heavy atom. The van der Waals surface area contributed by atoms with Crippen molar-refractivity contribution < 1.29 is 28.6 Å². The van der Waals surface area contributed by atoms with E-state index in [0.29, 0.717) is 19.3 Å². The van der Waals surface area contributed by atoms with E-state index in [1.807, 2.05) is 0 Å². The Labute approximate surface area is 491 Å². The quantitative estimate of drug-likeness (QED) is 0.0261. The molecule has 0 heterocycles. The van der Waals surface area contributed by atoms with Crippen molar-refractivity contribution in [2.24, 2.45) is 0 Å². The van der Waals surface area contributed by atoms with Crippen molar-refractivity contribution in [1.29, 1.82) is 0 Å². The largest absolute Gasteiger partial charge is 0.462 e. The Bertz CT molecular complexity index is 1410. The van der Waals surface area contributed by atoms with Gasteiger partial charge in [-0.05, 0) is 83.5 Å². The fourth-order valence-corrected chi connectivity index (χ4v) is 10.3. The lowest BCUT2D eigenvalue weighted by molar-refractivity contribution is -0.167. The normalized spacial score (nSPS) is 12.4. The fraction of sp³-hybridized carbons (Fsp3) is 0.822. The topological polar surface area (TPSA) is 78.9 Å². The van der Waals surface area contributed by atoms with Gasteiger partial charge in [-0.25, -0.2) is 0 Å². The first-order chi connectivity index (χ1) is 39.0. The summed E-state index contributed by atoms with van der Waals surface area (Å²) in [5.74, 6) is -0.870. The van der Waals surface area contributed by atoms with Gasteiger partial charge in [0.25, 0.3) is 0 Å². The Morgan fingerprint density at radius 1 is 0.266 bits per heavy atom. The van der Waals surface area contributed by atoms with Crippen LogP contribution < -0.4 is 0 Å². The van der Waals surface area contributed by atoms with Crippen LogP contribution in [0.25, 0.3) is 0 Å². The van der Waals surface area contributed by atoms with Gasteiger partial charge in [-0.15, -0.1) is 0 Å². The van der Waals surface area contributed by atoms with Crippen LogP contribution in [0.3, 0.4) is 0 Å². The molecule has 0 saturated heterocycles. The molecule has 79 heavy (non-hydrogen) atoms. The summed E-state index contributed by atoms with van der Waals surface area (Å²) in [4.78, 5) is 38.3. The lowest BCUT2D eigenvalue weighted by atomic mass is 10.0. The second-order valence-electron chi connectivity index (χ2n) is 23.4. The lowest BCUT2D eigenvalue weighted by Gasteiger charge is -2.18. The van der Waals surface area contributed by atoms with Crippen molar-refractivity contribution in [3.05, 3.63) is 60.8 Å². The predicted octanol–water partition coefficient (Wildman–Crippen LogP) is 23.9. The molecule has 460 valence electrons. The monoisotopic (exact) mass is 1110 g/mol. The van der Waals surface area contributed by atoms with Gasteiger partial charge in [0.15, 0.2) is 6.10 Å². The van der Waals surface area contributed by atoms with Crippen LogP contribution in [0.5, 0.6) is 0 Å². The first-order valence-corrected chi connectivity index (χ1v) is 34.8. The maximum Gasteiger partial charge on any atom is 0.306 e. The number of carbonyl (C=O) groups excluding carboxylic acids is 3. The maximum atomic E-state index is 12.9. The summed E-state index contributed by atoms with van der Waals surface area (Å²) in [6, 6.07) is 0. The molecule has 0 aliphatic rings.